The van der Waals surface area contributed by atoms with Gasteiger partial charge in [-0.3, -0.25) is 9.59 Å². The predicted molar refractivity (Wildman–Crippen MR) is 91.2 cm³/mol. The molecule has 0 aliphatic rings. The Bertz CT molecular complexity index is 744. The van der Waals surface area contributed by atoms with Gasteiger partial charge in [-0.1, -0.05) is 29.8 Å². The number of amides is 2. The fourth-order valence-electron chi connectivity index (χ4n) is 2.17. The number of carbonyl (C=O) groups excluding carboxylic acids is 2. The van der Waals surface area contributed by atoms with Gasteiger partial charge in [0.1, 0.15) is 11.5 Å². The number of ether oxygens (including phenoxy) is 2. The lowest BCUT2D eigenvalue weighted by Gasteiger charge is -2.11. The van der Waals surface area contributed by atoms with Crippen LogP contribution in [-0.4, -0.2) is 26.0 Å². The van der Waals surface area contributed by atoms with Gasteiger partial charge in [0.05, 0.1) is 19.9 Å². The van der Waals surface area contributed by atoms with E-state index >= 15 is 0 Å². The Kier molecular flexibility index (Phi) is 5.78. The minimum Gasteiger partial charge on any atom is -0.497 e. The Balaban J connectivity index is 1.97. The van der Waals surface area contributed by atoms with Gasteiger partial charge in [-0.05, 0) is 24.6 Å². The summed E-state index contributed by atoms with van der Waals surface area (Å²) in [5.41, 5.74) is 2.42. The number of methoxy groups -OCH3 is 2. The number of nitrogens with one attached hydrogen (secondary N) is 2. The largest absolute Gasteiger partial charge is 0.497 e. The molecule has 0 aliphatic carbocycles. The quantitative estimate of drug-likeness (QED) is 0.826. The van der Waals surface area contributed by atoms with Gasteiger partial charge in [0.25, 0.3) is 0 Å². The molecule has 6 nitrogen and oxygen atoms in total. The van der Waals surface area contributed by atoms with Crippen molar-refractivity contribution in [3.63, 3.8) is 0 Å². The monoisotopic (exact) mass is 328 g/mol. The molecule has 0 bridgehead atoms. The van der Waals surface area contributed by atoms with Crippen molar-refractivity contribution in [3.05, 3.63) is 53.6 Å². The molecule has 0 unspecified atom stereocenters. The molecule has 2 amide bonds. The maximum Gasteiger partial charge on any atom is 0.313 e. The molecule has 2 rings (SSSR count). The molecule has 0 saturated heterocycles. The summed E-state index contributed by atoms with van der Waals surface area (Å²) >= 11 is 0. The van der Waals surface area contributed by atoms with E-state index in [-0.39, 0.29) is 6.54 Å². The molecule has 2 aromatic carbocycles. The van der Waals surface area contributed by atoms with Crippen LogP contribution in [0, 0.1) is 6.92 Å². The minimum absolute atomic E-state index is 0.285. The van der Waals surface area contributed by atoms with Crippen molar-refractivity contribution in [1.29, 1.82) is 0 Å². The Labute approximate surface area is 140 Å². The van der Waals surface area contributed by atoms with Crippen molar-refractivity contribution in [2.45, 2.75) is 13.5 Å². The molecule has 126 valence electrons. The second kappa shape index (κ2) is 8.01. The fraction of sp³-hybridized carbons (Fsp3) is 0.222. The molecule has 0 saturated carbocycles. The van der Waals surface area contributed by atoms with E-state index in [0.717, 1.165) is 11.1 Å². The Morgan fingerprint density at radius 2 is 1.79 bits per heavy atom. The maximum atomic E-state index is 12.0. The van der Waals surface area contributed by atoms with E-state index in [1.807, 2.05) is 31.2 Å². The minimum atomic E-state index is -0.758. The summed E-state index contributed by atoms with van der Waals surface area (Å²) in [4.78, 5) is 24.0. The van der Waals surface area contributed by atoms with E-state index in [4.69, 9.17) is 9.47 Å². The molecule has 0 fully saturated rings. The van der Waals surface area contributed by atoms with Gasteiger partial charge in [0.2, 0.25) is 0 Å². The summed E-state index contributed by atoms with van der Waals surface area (Å²) in [6, 6.07) is 12.6. The highest BCUT2D eigenvalue weighted by Gasteiger charge is 2.16. The van der Waals surface area contributed by atoms with Crippen LogP contribution in [0.3, 0.4) is 0 Å². The molecular formula is C18H20N2O4. The third-order valence-corrected chi connectivity index (χ3v) is 3.40. The third-order valence-electron chi connectivity index (χ3n) is 3.40. The van der Waals surface area contributed by atoms with E-state index in [1.54, 1.807) is 18.2 Å². The average molecular weight is 328 g/mol. The number of hydrogen-bond acceptors (Lipinski definition) is 4. The highest BCUT2D eigenvalue weighted by Crippen LogP contribution is 2.28. The van der Waals surface area contributed by atoms with Crippen LogP contribution in [0.25, 0.3) is 0 Å². The van der Waals surface area contributed by atoms with Gasteiger partial charge >= 0.3 is 11.8 Å². The highest BCUT2D eigenvalue weighted by atomic mass is 16.5. The Morgan fingerprint density at radius 3 is 2.46 bits per heavy atom. The first-order valence-corrected chi connectivity index (χ1v) is 7.40. The summed E-state index contributed by atoms with van der Waals surface area (Å²) < 4.78 is 10.3. The fourth-order valence-corrected chi connectivity index (χ4v) is 2.17. The van der Waals surface area contributed by atoms with Crippen LogP contribution in [0.4, 0.5) is 5.69 Å². The summed E-state index contributed by atoms with van der Waals surface area (Å²) in [5, 5.41) is 5.12. The van der Waals surface area contributed by atoms with E-state index in [1.165, 1.54) is 14.2 Å². The van der Waals surface area contributed by atoms with Crippen molar-refractivity contribution in [2.24, 2.45) is 0 Å². The normalized spacial score (nSPS) is 9.96. The molecule has 0 aromatic heterocycles. The first kappa shape index (κ1) is 17.3. The summed E-state index contributed by atoms with van der Waals surface area (Å²) in [7, 11) is 3.01. The lowest BCUT2D eigenvalue weighted by atomic mass is 10.1. The molecule has 6 heteroatoms. The van der Waals surface area contributed by atoms with Crippen molar-refractivity contribution >= 4 is 17.5 Å². The van der Waals surface area contributed by atoms with Crippen molar-refractivity contribution in [2.75, 3.05) is 19.5 Å². The molecular weight excluding hydrogens is 308 g/mol. The SMILES string of the molecule is COc1ccc(NC(=O)C(=O)NCc2cccc(C)c2)c(OC)c1. The van der Waals surface area contributed by atoms with E-state index in [2.05, 4.69) is 10.6 Å². The smallest absolute Gasteiger partial charge is 0.313 e. The van der Waals surface area contributed by atoms with Crippen molar-refractivity contribution < 1.29 is 19.1 Å². The van der Waals surface area contributed by atoms with E-state index in [0.29, 0.717) is 17.2 Å². The van der Waals surface area contributed by atoms with Crippen LogP contribution in [0.15, 0.2) is 42.5 Å². The zero-order valence-corrected chi connectivity index (χ0v) is 13.9. The van der Waals surface area contributed by atoms with Crippen LogP contribution < -0.4 is 20.1 Å². The molecule has 0 radical (unpaired) electrons. The predicted octanol–water partition coefficient (Wildman–Crippen LogP) is 2.27. The molecule has 0 atom stereocenters. The first-order chi connectivity index (χ1) is 11.5. The number of aryl methyl sites for hydroxylation is 1. The molecule has 0 spiro atoms. The molecule has 0 heterocycles. The summed E-state index contributed by atoms with van der Waals surface area (Å²) in [6.45, 7) is 2.25. The lowest BCUT2D eigenvalue weighted by molar-refractivity contribution is -0.136. The number of anilines is 1. The Hall–Kier alpha value is -3.02. The molecule has 24 heavy (non-hydrogen) atoms. The standard InChI is InChI=1S/C18H20N2O4/c1-12-5-4-6-13(9-12)11-19-17(21)18(22)20-15-8-7-14(23-2)10-16(15)24-3/h4-10H,11H2,1-3H3,(H,19,21)(H,20,22). The van der Waals surface area contributed by atoms with E-state index in [9.17, 15) is 9.59 Å². The van der Waals surface area contributed by atoms with Gasteiger partial charge in [-0.25, -0.2) is 0 Å². The van der Waals surface area contributed by atoms with E-state index < -0.39 is 11.8 Å². The second-order valence-electron chi connectivity index (χ2n) is 5.19. The van der Waals surface area contributed by atoms with Crippen molar-refractivity contribution in [3.8, 4) is 11.5 Å². The summed E-state index contributed by atoms with van der Waals surface area (Å²) in [6.07, 6.45) is 0. The van der Waals surface area contributed by atoms with Crippen LogP contribution in [0.1, 0.15) is 11.1 Å². The zero-order chi connectivity index (χ0) is 17.5. The maximum absolute atomic E-state index is 12.0. The van der Waals surface area contributed by atoms with Gasteiger partial charge in [-0.15, -0.1) is 0 Å². The molecule has 2 aromatic rings. The topological polar surface area (TPSA) is 76.7 Å². The number of carbonyl (C=O) groups is 2. The molecule has 0 aliphatic heterocycles. The number of rotatable bonds is 5. The highest BCUT2D eigenvalue weighted by molar-refractivity contribution is 6.39. The van der Waals surface area contributed by atoms with Crippen LogP contribution in [0.2, 0.25) is 0 Å². The zero-order valence-electron chi connectivity index (χ0n) is 13.9. The van der Waals surface area contributed by atoms with Gasteiger partial charge in [0, 0.05) is 12.6 Å². The molecule has 2 N–H and O–H groups in total. The average Bonchev–Trinajstić information content (AvgIpc) is 2.60. The van der Waals surface area contributed by atoms with Crippen LogP contribution in [0.5, 0.6) is 11.5 Å². The first-order valence-electron chi connectivity index (χ1n) is 7.40. The van der Waals surface area contributed by atoms with Crippen LogP contribution in [-0.2, 0) is 16.1 Å². The number of benzene rings is 2. The summed E-state index contributed by atoms with van der Waals surface area (Å²) in [5.74, 6) is -0.469. The Morgan fingerprint density at radius 1 is 1.00 bits per heavy atom. The second-order valence-corrected chi connectivity index (χ2v) is 5.19. The lowest BCUT2D eigenvalue weighted by Crippen LogP contribution is -2.35. The van der Waals surface area contributed by atoms with Crippen LogP contribution >= 0.6 is 0 Å². The number of hydrogen-bond donors (Lipinski definition) is 2. The van der Waals surface area contributed by atoms with Crippen molar-refractivity contribution in [1.82, 2.24) is 5.32 Å². The van der Waals surface area contributed by atoms with Gasteiger partial charge in [-0.2, -0.15) is 0 Å². The van der Waals surface area contributed by atoms with Gasteiger partial charge in [0.15, 0.2) is 0 Å². The van der Waals surface area contributed by atoms with Gasteiger partial charge < -0.3 is 20.1 Å². The third kappa shape index (κ3) is 4.49.